The number of nitrogens with zero attached hydrogens (tertiary/aromatic N) is 1. The number of ether oxygens (including phenoxy) is 1. The van der Waals surface area contributed by atoms with E-state index in [1.54, 1.807) is 5.48 Å². The Bertz CT molecular complexity index is 1040. The lowest BCUT2D eigenvalue weighted by atomic mass is 9.98. The first-order valence-electron chi connectivity index (χ1n) is 9.76. The van der Waals surface area contributed by atoms with Crippen LogP contribution in [-0.2, 0) is 11.3 Å². The van der Waals surface area contributed by atoms with Gasteiger partial charge >= 0.3 is 0 Å². The molecule has 0 aliphatic carbocycles. The number of aryl methyl sites for hydroxylation is 1. The van der Waals surface area contributed by atoms with Crippen LogP contribution in [0.15, 0.2) is 54.7 Å². The molecule has 1 aromatic heterocycles. The number of nitrogens with one attached hydrogen (secondary N) is 2. The molecule has 4 rings (SSSR count). The molecule has 0 radical (unpaired) electrons. The van der Waals surface area contributed by atoms with E-state index in [1.165, 1.54) is 33.2 Å². The van der Waals surface area contributed by atoms with E-state index in [2.05, 4.69) is 47.3 Å². The molecule has 2 aromatic carbocycles. The van der Waals surface area contributed by atoms with Gasteiger partial charge in [-0.15, -0.1) is 0 Å². The molecule has 1 aliphatic heterocycles. The second-order valence-corrected chi connectivity index (χ2v) is 7.43. The Labute approximate surface area is 169 Å². The molecule has 29 heavy (non-hydrogen) atoms. The molecule has 3 aromatic rings. The minimum atomic E-state index is -0.574. The molecular formula is C23H25N3O3. The highest BCUT2D eigenvalue weighted by Crippen LogP contribution is 2.30. The van der Waals surface area contributed by atoms with Crippen molar-refractivity contribution in [3.8, 4) is 5.75 Å². The molecule has 150 valence electrons. The zero-order valence-electron chi connectivity index (χ0n) is 16.4. The lowest BCUT2D eigenvalue weighted by Gasteiger charge is -2.26. The molecule has 1 amide bonds. The van der Waals surface area contributed by atoms with Gasteiger partial charge in [-0.1, -0.05) is 29.8 Å². The van der Waals surface area contributed by atoms with Crippen LogP contribution in [0.1, 0.15) is 23.1 Å². The molecule has 3 N–H and O–H groups in total. The number of benzene rings is 2. The van der Waals surface area contributed by atoms with Gasteiger partial charge in [0.05, 0.1) is 0 Å². The molecular weight excluding hydrogens is 366 g/mol. The molecule has 0 bridgehead atoms. The van der Waals surface area contributed by atoms with Gasteiger partial charge in [-0.25, -0.2) is 5.48 Å². The molecule has 0 saturated heterocycles. The minimum Gasteiger partial charge on any atom is -0.484 e. The molecule has 6 nitrogen and oxygen atoms in total. The van der Waals surface area contributed by atoms with Gasteiger partial charge in [-0.3, -0.25) is 14.9 Å². The number of rotatable bonds is 6. The molecule has 0 unspecified atom stereocenters. The summed E-state index contributed by atoms with van der Waals surface area (Å²) in [5.74, 6) is 0.0307. The molecule has 2 heterocycles. The van der Waals surface area contributed by atoms with Crippen molar-refractivity contribution in [3.63, 3.8) is 0 Å². The first-order valence-corrected chi connectivity index (χ1v) is 9.76. The summed E-state index contributed by atoms with van der Waals surface area (Å²) in [4.78, 5) is 16.8. The van der Waals surface area contributed by atoms with Crippen LogP contribution in [0, 0.1) is 6.92 Å². The molecule has 0 spiro atoms. The Morgan fingerprint density at radius 1 is 1.24 bits per heavy atom. The van der Waals surface area contributed by atoms with Crippen molar-refractivity contribution in [2.24, 2.45) is 0 Å². The Morgan fingerprint density at radius 2 is 2.07 bits per heavy atom. The van der Waals surface area contributed by atoms with Crippen molar-refractivity contribution >= 4 is 22.4 Å². The van der Waals surface area contributed by atoms with Crippen molar-refractivity contribution in [1.29, 1.82) is 0 Å². The summed E-state index contributed by atoms with van der Waals surface area (Å²) in [6, 6.07) is 14.2. The number of carbonyl (C=O) groups excluding carboxylic acids is 1. The van der Waals surface area contributed by atoms with Gasteiger partial charge in [0, 0.05) is 42.3 Å². The van der Waals surface area contributed by atoms with Crippen LogP contribution in [0.2, 0.25) is 0 Å². The lowest BCUT2D eigenvalue weighted by Crippen LogP contribution is -2.28. The van der Waals surface area contributed by atoms with Crippen LogP contribution in [0.25, 0.3) is 16.5 Å². The lowest BCUT2D eigenvalue weighted by molar-refractivity contribution is -0.131. The van der Waals surface area contributed by atoms with Crippen LogP contribution >= 0.6 is 0 Å². The summed E-state index contributed by atoms with van der Waals surface area (Å²) >= 11 is 0. The Morgan fingerprint density at radius 3 is 2.79 bits per heavy atom. The fourth-order valence-electron chi connectivity index (χ4n) is 3.73. The van der Waals surface area contributed by atoms with Gasteiger partial charge in [0.1, 0.15) is 5.75 Å². The Hall–Kier alpha value is -3.09. The number of aromatic amines is 1. The standard InChI is InChI=1S/C23H25N3O3/c1-16-2-7-22-20(12-16)21(13-24-22)18-8-10-26(11-9-18)14-17-3-5-19(6-4-17)29-15-23(27)25-28/h2-8,12-13,24,28H,9-11,14-15H2,1H3,(H,25,27). The SMILES string of the molecule is Cc1ccc2[nH]cc(C3=CCN(Cc4ccc(OCC(=O)NO)cc4)CC3)c2c1. The number of hydroxylamine groups is 1. The van der Waals surface area contributed by atoms with E-state index in [9.17, 15) is 4.79 Å². The number of amides is 1. The molecule has 1 aliphatic rings. The number of aromatic nitrogens is 1. The van der Waals surface area contributed by atoms with Gasteiger partial charge < -0.3 is 9.72 Å². The highest BCUT2D eigenvalue weighted by Gasteiger charge is 2.16. The smallest absolute Gasteiger partial charge is 0.281 e. The highest BCUT2D eigenvalue weighted by atomic mass is 16.5. The van der Waals surface area contributed by atoms with Gasteiger partial charge in [0.2, 0.25) is 0 Å². The number of H-pyrrole nitrogens is 1. The quantitative estimate of drug-likeness (QED) is 0.443. The summed E-state index contributed by atoms with van der Waals surface area (Å²) in [5, 5.41) is 9.79. The first kappa shape index (κ1) is 19.2. The van der Waals surface area contributed by atoms with Crippen molar-refractivity contribution in [3.05, 3.63) is 71.4 Å². The van der Waals surface area contributed by atoms with E-state index >= 15 is 0 Å². The summed E-state index contributed by atoms with van der Waals surface area (Å²) in [6.45, 7) is 4.73. The maximum absolute atomic E-state index is 11.0. The maximum atomic E-state index is 11.0. The summed E-state index contributed by atoms with van der Waals surface area (Å²) in [5.41, 5.74) is 7.94. The van der Waals surface area contributed by atoms with Crippen molar-refractivity contribution < 1.29 is 14.7 Å². The zero-order valence-corrected chi connectivity index (χ0v) is 16.4. The predicted octanol–water partition coefficient (Wildman–Crippen LogP) is 3.65. The van der Waals surface area contributed by atoms with E-state index in [1.807, 2.05) is 24.3 Å². The molecule has 0 saturated carbocycles. The van der Waals surface area contributed by atoms with E-state index in [4.69, 9.17) is 9.94 Å². The molecule has 6 heteroatoms. The van der Waals surface area contributed by atoms with Gasteiger partial charge in [0.15, 0.2) is 6.61 Å². The Kier molecular flexibility index (Phi) is 5.64. The van der Waals surface area contributed by atoms with Gasteiger partial charge in [-0.2, -0.15) is 0 Å². The van der Waals surface area contributed by atoms with Crippen LogP contribution in [0.4, 0.5) is 0 Å². The van der Waals surface area contributed by atoms with Crippen LogP contribution in [0.5, 0.6) is 5.75 Å². The largest absolute Gasteiger partial charge is 0.484 e. The summed E-state index contributed by atoms with van der Waals surface area (Å²) in [6.07, 6.45) is 5.49. The van der Waals surface area contributed by atoms with Crippen LogP contribution in [0.3, 0.4) is 0 Å². The second-order valence-electron chi connectivity index (χ2n) is 7.43. The predicted molar refractivity (Wildman–Crippen MR) is 113 cm³/mol. The highest BCUT2D eigenvalue weighted by molar-refractivity contribution is 5.93. The third kappa shape index (κ3) is 4.50. The van der Waals surface area contributed by atoms with E-state index in [0.717, 1.165) is 26.1 Å². The first-order chi connectivity index (χ1) is 14.1. The van der Waals surface area contributed by atoms with Crippen molar-refractivity contribution in [1.82, 2.24) is 15.4 Å². The summed E-state index contributed by atoms with van der Waals surface area (Å²) < 4.78 is 5.30. The van der Waals surface area contributed by atoms with E-state index < -0.39 is 5.91 Å². The minimum absolute atomic E-state index is 0.205. The average Bonchev–Trinajstić information content (AvgIpc) is 3.16. The van der Waals surface area contributed by atoms with Crippen LogP contribution in [-0.4, -0.2) is 40.7 Å². The fraction of sp³-hybridized carbons (Fsp3) is 0.261. The molecule has 0 atom stereocenters. The van der Waals surface area contributed by atoms with Gasteiger partial charge in [0.25, 0.3) is 5.91 Å². The molecule has 0 fully saturated rings. The fourth-order valence-corrected chi connectivity index (χ4v) is 3.73. The van der Waals surface area contributed by atoms with Crippen molar-refractivity contribution in [2.75, 3.05) is 19.7 Å². The van der Waals surface area contributed by atoms with Gasteiger partial charge in [-0.05, 0) is 48.7 Å². The number of hydrogen-bond acceptors (Lipinski definition) is 4. The third-order valence-corrected chi connectivity index (χ3v) is 5.30. The average molecular weight is 391 g/mol. The zero-order chi connectivity index (χ0) is 20.2. The number of fused-ring (bicyclic) bond motifs is 1. The number of carbonyl (C=O) groups is 1. The maximum Gasteiger partial charge on any atom is 0.281 e. The normalized spacial score (nSPS) is 14.6. The topological polar surface area (TPSA) is 77.6 Å². The van der Waals surface area contributed by atoms with Crippen molar-refractivity contribution in [2.45, 2.75) is 19.9 Å². The van der Waals surface area contributed by atoms with Crippen LogP contribution < -0.4 is 10.2 Å². The number of hydrogen-bond donors (Lipinski definition) is 3. The third-order valence-electron chi connectivity index (χ3n) is 5.30. The van der Waals surface area contributed by atoms with E-state index in [0.29, 0.717) is 5.75 Å². The monoisotopic (exact) mass is 391 g/mol. The van der Waals surface area contributed by atoms with E-state index in [-0.39, 0.29) is 6.61 Å². The second kappa shape index (κ2) is 8.51. The summed E-state index contributed by atoms with van der Waals surface area (Å²) in [7, 11) is 0. The Balaban J connectivity index is 1.37.